The molecule has 0 radical (unpaired) electrons. The molecule has 0 spiro atoms. The van der Waals surface area contributed by atoms with Gasteiger partial charge in [0.1, 0.15) is 0 Å². The third-order valence-corrected chi connectivity index (χ3v) is 5.56. The van der Waals surface area contributed by atoms with Gasteiger partial charge in [0.05, 0.1) is 17.7 Å². The van der Waals surface area contributed by atoms with Gasteiger partial charge in [-0.1, -0.05) is 24.3 Å². The second-order valence-electron chi connectivity index (χ2n) is 7.71. The number of aromatic nitrogens is 3. The monoisotopic (exact) mass is 434 g/mol. The second kappa shape index (κ2) is 8.03. The van der Waals surface area contributed by atoms with E-state index in [0.717, 1.165) is 11.1 Å². The Kier molecular flexibility index (Phi) is 5.05. The van der Waals surface area contributed by atoms with Crippen LogP contribution in [0.4, 0.5) is 8.78 Å². The summed E-state index contributed by atoms with van der Waals surface area (Å²) in [5.74, 6) is -3.28. The van der Waals surface area contributed by atoms with Crippen molar-refractivity contribution in [2.45, 2.75) is 18.4 Å². The van der Waals surface area contributed by atoms with Gasteiger partial charge >= 0.3 is 0 Å². The van der Waals surface area contributed by atoms with Crippen LogP contribution >= 0.6 is 0 Å². The predicted molar refractivity (Wildman–Crippen MR) is 115 cm³/mol. The fraction of sp³-hybridized carbons (Fsp3) is 0.208. The number of alkyl halides is 2. The van der Waals surface area contributed by atoms with E-state index in [4.69, 9.17) is 4.74 Å². The fourth-order valence-electron chi connectivity index (χ4n) is 3.82. The highest BCUT2D eigenvalue weighted by atomic mass is 19.3. The van der Waals surface area contributed by atoms with Gasteiger partial charge in [-0.05, 0) is 36.4 Å². The van der Waals surface area contributed by atoms with Crippen molar-refractivity contribution in [2.75, 3.05) is 13.1 Å². The van der Waals surface area contributed by atoms with Crippen LogP contribution in [0.2, 0.25) is 0 Å². The van der Waals surface area contributed by atoms with E-state index in [2.05, 4.69) is 10.1 Å². The first-order valence-electron chi connectivity index (χ1n) is 10.3. The predicted octanol–water partition coefficient (Wildman–Crippen LogP) is 4.35. The topological polar surface area (TPSA) is 60.2 Å². The normalized spacial score (nSPS) is 17.9. The quantitative estimate of drug-likeness (QED) is 0.479. The SMILES string of the molecule is O=C(c1cccc(-n2cccn2)c1)N1CCC(F)(F)C(Oc2ccc3ccccc3n2)C1. The molecule has 5 rings (SSSR count). The molecule has 0 bridgehead atoms. The first-order valence-corrected chi connectivity index (χ1v) is 10.3. The number of pyridine rings is 1. The molecule has 1 amide bonds. The number of rotatable bonds is 4. The molecule has 2 aromatic heterocycles. The van der Waals surface area contributed by atoms with Gasteiger partial charge in [-0.3, -0.25) is 4.79 Å². The standard InChI is InChI=1S/C24H20F2N4O2/c25-24(26)11-14-29(23(31)18-6-3-7-19(15-18)30-13-4-12-27-30)16-21(24)32-22-10-9-17-5-1-2-8-20(17)28-22/h1-10,12-13,15,21H,11,14,16H2. The highest BCUT2D eigenvalue weighted by Gasteiger charge is 2.47. The van der Waals surface area contributed by atoms with Crippen molar-refractivity contribution in [1.29, 1.82) is 0 Å². The van der Waals surface area contributed by atoms with Gasteiger partial charge in [-0.15, -0.1) is 0 Å². The van der Waals surface area contributed by atoms with Gasteiger partial charge in [-0.25, -0.2) is 18.4 Å². The highest BCUT2D eigenvalue weighted by molar-refractivity contribution is 5.95. The van der Waals surface area contributed by atoms with E-state index in [0.29, 0.717) is 11.1 Å². The van der Waals surface area contributed by atoms with E-state index >= 15 is 0 Å². The lowest BCUT2D eigenvalue weighted by Crippen LogP contribution is -2.55. The van der Waals surface area contributed by atoms with Crippen LogP contribution in [0, 0.1) is 0 Å². The van der Waals surface area contributed by atoms with Crippen LogP contribution in [0.1, 0.15) is 16.8 Å². The molecule has 4 aromatic rings. The number of hydrogen-bond acceptors (Lipinski definition) is 4. The summed E-state index contributed by atoms with van der Waals surface area (Å²) >= 11 is 0. The Balaban J connectivity index is 1.36. The number of piperidine rings is 1. The molecule has 0 aliphatic carbocycles. The number of ether oxygens (including phenoxy) is 1. The van der Waals surface area contributed by atoms with Crippen LogP contribution in [0.3, 0.4) is 0 Å². The summed E-state index contributed by atoms with van der Waals surface area (Å²) in [6.07, 6.45) is 1.45. The Morgan fingerprint density at radius 3 is 2.78 bits per heavy atom. The minimum Gasteiger partial charge on any atom is -0.466 e. The van der Waals surface area contributed by atoms with Crippen LogP contribution in [-0.2, 0) is 0 Å². The van der Waals surface area contributed by atoms with Gasteiger partial charge in [-0.2, -0.15) is 5.10 Å². The third kappa shape index (κ3) is 3.91. The number of para-hydroxylation sites is 1. The van der Waals surface area contributed by atoms with Crippen molar-refractivity contribution in [3.63, 3.8) is 0 Å². The van der Waals surface area contributed by atoms with Crippen molar-refractivity contribution in [3.05, 3.63) is 84.7 Å². The third-order valence-electron chi connectivity index (χ3n) is 5.56. The molecule has 1 saturated heterocycles. The van der Waals surface area contributed by atoms with Crippen LogP contribution < -0.4 is 4.74 Å². The van der Waals surface area contributed by atoms with Crippen molar-refractivity contribution in [2.24, 2.45) is 0 Å². The molecule has 32 heavy (non-hydrogen) atoms. The summed E-state index contributed by atoms with van der Waals surface area (Å²) in [7, 11) is 0. The molecule has 8 heteroatoms. The zero-order chi connectivity index (χ0) is 22.1. The van der Waals surface area contributed by atoms with Gasteiger partial charge in [0.25, 0.3) is 11.8 Å². The van der Waals surface area contributed by atoms with E-state index in [1.54, 1.807) is 59.5 Å². The molecule has 6 nitrogen and oxygen atoms in total. The van der Waals surface area contributed by atoms with E-state index < -0.39 is 18.4 Å². The number of amides is 1. The summed E-state index contributed by atoms with van der Waals surface area (Å²) < 4.78 is 36.6. The Bertz CT molecular complexity index is 1260. The lowest BCUT2D eigenvalue weighted by molar-refractivity contribution is -0.131. The summed E-state index contributed by atoms with van der Waals surface area (Å²) in [5.41, 5.74) is 1.79. The zero-order valence-corrected chi connectivity index (χ0v) is 17.1. The number of carbonyl (C=O) groups is 1. The lowest BCUT2D eigenvalue weighted by atomic mass is 10.0. The first-order chi connectivity index (χ1) is 15.5. The van der Waals surface area contributed by atoms with Crippen LogP contribution in [-0.4, -0.2) is 50.7 Å². The largest absolute Gasteiger partial charge is 0.466 e. The number of carbonyl (C=O) groups excluding carboxylic acids is 1. The van der Waals surface area contributed by atoms with Crippen molar-refractivity contribution in [3.8, 4) is 11.6 Å². The van der Waals surface area contributed by atoms with E-state index in [1.165, 1.54) is 4.90 Å². The summed E-state index contributed by atoms with van der Waals surface area (Å²) in [4.78, 5) is 18.8. The fourth-order valence-corrected chi connectivity index (χ4v) is 3.82. The molecular formula is C24H20F2N4O2. The van der Waals surface area contributed by atoms with Crippen molar-refractivity contribution < 1.29 is 18.3 Å². The second-order valence-corrected chi connectivity index (χ2v) is 7.71. The number of likely N-dealkylation sites (tertiary alicyclic amines) is 1. The number of hydrogen-bond donors (Lipinski definition) is 0. The Hall–Kier alpha value is -3.81. The maximum atomic E-state index is 14.7. The van der Waals surface area contributed by atoms with Crippen LogP contribution in [0.5, 0.6) is 5.88 Å². The highest BCUT2D eigenvalue weighted by Crippen LogP contribution is 2.32. The molecule has 1 aliphatic heterocycles. The summed E-state index contributed by atoms with van der Waals surface area (Å²) in [6, 6.07) is 19.5. The molecule has 1 unspecified atom stereocenters. The molecule has 3 heterocycles. The number of halogens is 2. The average Bonchev–Trinajstić information content (AvgIpc) is 3.35. The Labute approximate surface area is 183 Å². The van der Waals surface area contributed by atoms with Crippen LogP contribution in [0.15, 0.2) is 79.1 Å². The maximum absolute atomic E-state index is 14.7. The average molecular weight is 434 g/mol. The van der Waals surface area contributed by atoms with Gasteiger partial charge in [0, 0.05) is 42.4 Å². The summed E-state index contributed by atoms with van der Waals surface area (Å²) in [6.45, 7) is -0.283. The summed E-state index contributed by atoms with van der Waals surface area (Å²) in [5, 5.41) is 5.06. The minimum absolute atomic E-state index is 0.0527. The zero-order valence-electron chi connectivity index (χ0n) is 17.1. The van der Waals surface area contributed by atoms with E-state index in [1.807, 2.05) is 24.3 Å². The number of nitrogens with zero attached hydrogens (tertiary/aromatic N) is 4. The van der Waals surface area contributed by atoms with Crippen LogP contribution in [0.25, 0.3) is 16.6 Å². The number of benzene rings is 2. The minimum atomic E-state index is -3.07. The molecule has 1 aliphatic rings. The lowest BCUT2D eigenvalue weighted by Gasteiger charge is -2.38. The van der Waals surface area contributed by atoms with Gasteiger partial charge < -0.3 is 9.64 Å². The van der Waals surface area contributed by atoms with Crippen molar-refractivity contribution in [1.82, 2.24) is 19.7 Å². The molecule has 162 valence electrons. The van der Waals surface area contributed by atoms with Crippen molar-refractivity contribution >= 4 is 16.8 Å². The molecule has 0 N–H and O–H groups in total. The molecule has 0 saturated carbocycles. The first kappa shape index (κ1) is 20.1. The molecule has 1 fully saturated rings. The Morgan fingerprint density at radius 2 is 1.94 bits per heavy atom. The Morgan fingerprint density at radius 1 is 1.06 bits per heavy atom. The maximum Gasteiger partial charge on any atom is 0.287 e. The van der Waals surface area contributed by atoms with E-state index in [-0.39, 0.29) is 24.9 Å². The molecule has 1 atom stereocenters. The van der Waals surface area contributed by atoms with E-state index in [9.17, 15) is 13.6 Å². The smallest absolute Gasteiger partial charge is 0.287 e. The number of fused-ring (bicyclic) bond motifs is 1. The van der Waals surface area contributed by atoms with Gasteiger partial charge in [0.15, 0.2) is 6.10 Å². The molecular weight excluding hydrogens is 414 g/mol. The molecule has 2 aromatic carbocycles. The van der Waals surface area contributed by atoms with Gasteiger partial charge in [0.2, 0.25) is 5.88 Å².